The van der Waals surface area contributed by atoms with E-state index < -0.39 is 35.2 Å². The van der Waals surface area contributed by atoms with Crippen LogP contribution < -0.4 is 20.5 Å². The van der Waals surface area contributed by atoms with Gasteiger partial charge in [-0.2, -0.15) is 13.2 Å². The van der Waals surface area contributed by atoms with E-state index in [4.69, 9.17) is 21.5 Å². The van der Waals surface area contributed by atoms with Gasteiger partial charge < -0.3 is 15.4 Å². The number of aliphatic imine (C=N–C) groups is 1. The highest BCUT2D eigenvalue weighted by Gasteiger charge is 2.36. The third kappa shape index (κ3) is 9.01. The molecule has 9 nitrogen and oxygen atoms in total. The minimum atomic E-state index is -4.51. The lowest BCUT2D eigenvalue weighted by Crippen LogP contribution is -2.53. The molecular formula is C25H29ClF3N5O4S. The molecule has 1 fully saturated rings. The van der Waals surface area contributed by atoms with Gasteiger partial charge in [0.2, 0.25) is 0 Å². The highest BCUT2D eigenvalue weighted by atomic mass is 35.5. The lowest BCUT2D eigenvalue weighted by Gasteiger charge is -2.36. The van der Waals surface area contributed by atoms with Crippen LogP contribution in [0.2, 0.25) is 5.02 Å². The van der Waals surface area contributed by atoms with E-state index in [0.29, 0.717) is 11.4 Å². The summed E-state index contributed by atoms with van der Waals surface area (Å²) in [6.45, 7) is 1.74. The Balaban J connectivity index is 1.62. The van der Waals surface area contributed by atoms with Gasteiger partial charge in [0, 0.05) is 29.9 Å². The second-order valence-corrected chi connectivity index (χ2v) is 11.0. The Hall–Kier alpha value is -3.03. The summed E-state index contributed by atoms with van der Waals surface area (Å²) in [4.78, 5) is 33.4. The molecule has 0 radical (unpaired) electrons. The maximum absolute atomic E-state index is 13.2. The molecule has 1 aliphatic carbocycles. The number of pyridine rings is 1. The summed E-state index contributed by atoms with van der Waals surface area (Å²) in [5, 5.41) is 10.7. The third-order valence-corrected chi connectivity index (χ3v) is 7.10. The lowest BCUT2D eigenvalue weighted by molar-refractivity contribution is -0.135. The van der Waals surface area contributed by atoms with Crippen LogP contribution in [0.25, 0.3) is 0 Å². The SMILES string of the molecule is CC(C)(Oc1ccc(Cl)cc1S(N)=O)C(=O)NC(CC=Nc1ccc(C(=O)NCC(F)(F)F)cn1)C1CCC1. The van der Waals surface area contributed by atoms with E-state index >= 15 is 0 Å². The monoisotopic (exact) mass is 587 g/mol. The number of hydrogen-bond donors (Lipinski definition) is 3. The number of ether oxygens (including phenoxy) is 1. The Morgan fingerprint density at radius 1 is 1.28 bits per heavy atom. The largest absolute Gasteiger partial charge is 0.477 e. The van der Waals surface area contributed by atoms with E-state index in [-0.39, 0.29) is 39.9 Å². The molecule has 0 saturated heterocycles. The van der Waals surface area contributed by atoms with E-state index in [2.05, 4.69) is 15.3 Å². The molecule has 3 rings (SSSR count). The molecule has 2 amide bonds. The van der Waals surface area contributed by atoms with Crippen LogP contribution in [0, 0.1) is 5.92 Å². The zero-order valence-electron chi connectivity index (χ0n) is 21.3. The molecule has 14 heteroatoms. The predicted octanol–water partition coefficient (Wildman–Crippen LogP) is 4.24. The summed E-state index contributed by atoms with van der Waals surface area (Å²) in [5.74, 6) is -0.592. The van der Waals surface area contributed by atoms with Crippen LogP contribution >= 0.6 is 11.6 Å². The molecule has 4 N–H and O–H groups in total. The first-order valence-electron chi connectivity index (χ1n) is 12.0. The van der Waals surface area contributed by atoms with Gasteiger partial charge in [-0.3, -0.25) is 9.59 Å². The number of benzene rings is 1. The van der Waals surface area contributed by atoms with Gasteiger partial charge in [-0.05, 0) is 62.9 Å². The highest BCUT2D eigenvalue weighted by molar-refractivity contribution is 7.82. The van der Waals surface area contributed by atoms with Crippen molar-refractivity contribution in [3.63, 3.8) is 0 Å². The van der Waals surface area contributed by atoms with E-state index in [1.165, 1.54) is 24.3 Å². The number of halogens is 4. The molecule has 1 aromatic carbocycles. The second-order valence-electron chi connectivity index (χ2n) is 9.52. The van der Waals surface area contributed by atoms with Crippen LogP contribution in [0.5, 0.6) is 5.75 Å². The molecule has 212 valence electrons. The lowest BCUT2D eigenvalue weighted by atomic mass is 9.78. The van der Waals surface area contributed by atoms with Crippen LogP contribution in [0.3, 0.4) is 0 Å². The highest BCUT2D eigenvalue weighted by Crippen LogP contribution is 2.32. The van der Waals surface area contributed by atoms with Crippen molar-refractivity contribution in [1.82, 2.24) is 15.6 Å². The molecule has 1 aromatic heterocycles. The second kappa shape index (κ2) is 12.9. The Morgan fingerprint density at radius 2 is 2.00 bits per heavy atom. The molecule has 0 aliphatic heterocycles. The Morgan fingerprint density at radius 3 is 2.56 bits per heavy atom. The van der Waals surface area contributed by atoms with E-state index in [1.807, 2.05) is 0 Å². The molecular weight excluding hydrogens is 559 g/mol. The van der Waals surface area contributed by atoms with Crippen molar-refractivity contribution < 1.29 is 31.7 Å². The van der Waals surface area contributed by atoms with Crippen LogP contribution in [-0.4, -0.2) is 51.6 Å². The van der Waals surface area contributed by atoms with Crippen molar-refractivity contribution in [2.75, 3.05) is 6.54 Å². The average Bonchev–Trinajstić information content (AvgIpc) is 2.82. The average molecular weight is 588 g/mol. The summed E-state index contributed by atoms with van der Waals surface area (Å²) >= 11 is 5.97. The fourth-order valence-electron chi connectivity index (χ4n) is 3.74. The Kier molecular flexibility index (Phi) is 10.1. The first-order valence-corrected chi connectivity index (χ1v) is 13.6. The number of hydrogen-bond acceptors (Lipinski definition) is 6. The molecule has 1 saturated carbocycles. The van der Waals surface area contributed by atoms with Gasteiger partial charge >= 0.3 is 6.18 Å². The number of nitrogens with one attached hydrogen (secondary N) is 2. The molecule has 39 heavy (non-hydrogen) atoms. The fourth-order valence-corrected chi connectivity index (χ4v) is 4.53. The molecule has 2 unspecified atom stereocenters. The van der Waals surface area contributed by atoms with Crippen molar-refractivity contribution in [2.45, 2.75) is 62.2 Å². The third-order valence-electron chi connectivity index (χ3n) is 6.11. The van der Waals surface area contributed by atoms with Crippen molar-refractivity contribution >= 4 is 46.4 Å². The quantitative estimate of drug-likeness (QED) is 0.338. The number of amides is 2. The Labute approximate surface area is 231 Å². The number of alkyl halides is 3. The molecule has 2 aromatic rings. The first-order chi connectivity index (χ1) is 18.2. The van der Waals surface area contributed by atoms with Gasteiger partial charge in [0.05, 0.1) is 10.5 Å². The standard InChI is InChI=1S/C25H29ClF3N5O4S/c1-24(2,38-19-8-7-17(26)12-20(19)39(30)37)23(36)34-18(15-4-3-5-15)10-11-31-21-9-6-16(13-32-21)22(35)33-14-25(27,28)29/h6-9,11-13,15,18H,3-5,10,14,30H2,1-2H3,(H,33,35)(H,34,36). The van der Waals surface area contributed by atoms with Crippen molar-refractivity contribution in [1.29, 1.82) is 0 Å². The number of rotatable bonds is 11. The van der Waals surface area contributed by atoms with Gasteiger partial charge in [-0.1, -0.05) is 18.0 Å². The topological polar surface area (TPSA) is 136 Å². The summed E-state index contributed by atoms with van der Waals surface area (Å²) in [5.41, 5.74) is -1.35. The van der Waals surface area contributed by atoms with Gasteiger partial charge in [0.1, 0.15) is 23.3 Å². The molecule has 0 spiro atoms. The molecule has 0 bridgehead atoms. The number of carbonyl (C=O) groups is 2. The number of carbonyl (C=O) groups excluding carboxylic acids is 2. The summed E-state index contributed by atoms with van der Waals surface area (Å²) < 4.78 is 54.7. The number of nitrogens with zero attached hydrogens (tertiary/aromatic N) is 2. The van der Waals surface area contributed by atoms with Gasteiger partial charge in [-0.15, -0.1) is 0 Å². The predicted molar refractivity (Wildman–Crippen MR) is 141 cm³/mol. The van der Waals surface area contributed by atoms with E-state index in [9.17, 15) is 27.0 Å². The summed E-state index contributed by atoms with van der Waals surface area (Å²) in [6, 6.07) is 6.98. The Bertz CT molecular complexity index is 1240. The minimum Gasteiger partial charge on any atom is -0.477 e. The molecule has 2 atom stereocenters. The molecule has 1 heterocycles. The maximum Gasteiger partial charge on any atom is 0.405 e. The van der Waals surface area contributed by atoms with Gasteiger partial charge in [0.15, 0.2) is 11.4 Å². The van der Waals surface area contributed by atoms with Crippen molar-refractivity contribution in [3.05, 3.63) is 47.1 Å². The molecule has 1 aliphatic rings. The van der Waals surface area contributed by atoms with Crippen LogP contribution in [0.1, 0.15) is 49.9 Å². The normalized spacial score (nSPS) is 15.9. The van der Waals surface area contributed by atoms with Gasteiger partial charge in [0.25, 0.3) is 11.8 Å². The number of aromatic nitrogens is 1. The van der Waals surface area contributed by atoms with Crippen molar-refractivity contribution in [2.24, 2.45) is 16.0 Å². The maximum atomic E-state index is 13.2. The van der Waals surface area contributed by atoms with Crippen LogP contribution in [0.15, 0.2) is 46.4 Å². The fraction of sp³-hybridized carbons (Fsp3) is 0.440. The zero-order chi connectivity index (χ0) is 28.8. The zero-order valence-corrected chi connectivity index (χ0v) is 22.8. The first kappa shape index (κ1) is 30.5. The smallest absolute Gasteiger partial charge is 0.405 e. The number of nitrogens with two attached hydrogens (primary N) is 1. The van der Waals surface area contributed by atoms with E-state index in [0.717, 1.165) is 25.5 Å². The summed E-state index contributed by atoms with van der Waals surface area (Å²) in [6.07, 6.45) is 1.54. The van der Waals surface area contributed by atoms with Crippen molar-refractivity contribution in [3.8, 4) is 5.75 Å². The summed E-state index contributed by atoms with van der Waals surface area (Å²) in [7, 11) is -1.87. The van der Waals surface area contributed by atoms with Gasteiger partial charge in [-0.25, -0.2) is 19.3 Å². The van der Waals surface area contributed by atoms with Crippen LogP contribution in [-0.2, 0) is 15.8 Å². The van der Waals surface area contributed by atoms with E-state index in [1.54, 1.807) is 31.4 Å². The minimum absolute atomic E-state index is 0.0256. The van der Waals surface area contributed by atoms with Crippen LogP contribution in [0.4, 0.5) is 19.0 Å².